The van der Waals surface area contributed by atoms with E-state index in [0.717, 1.165) is 24.1 Å². The fraction of sp³-hybridized carbons (Fsp3) is 0.333. The van der Waals surface area contributed by atoms with Gasteiger partial charge in [-0.15, -0.1) is 0 Å². The van der Waals surface area contributed by atoms with Crippen molar-refractivity contribution in [3.8, 4) is 0 Å². The van der Waals surface area contributed by atoms with E-state index in [4.69, 9.17) is 0 Å². The van der Waals surface area contributed by atoms with Crippen LogP contribution in [0.1, 0.15) is 31.9 Å². The molecule has 0 unspecified atom stereocenters. The Labute approximate surface area is 102 Å². The van der Waals surface area contributed by atoms with Gasteiger partial charge in [0.15, 0.2) is 0 Å². The Bertz CT molecular complexity index is 519. The summed E-state index contributed by atoms with van der Waals surface area (Å²) >= 11 is 0. The van der Waals surface area contributed by atoms with E-state index in [-0.39, 0.29) is 0 Å². The molecule has 0 saturated heterocycles. The van der Waals surface area contributed by atoms with Gasteiger partial charge in [0, 0.05) is 23.9 Å². The van der Waals surface area contributed by atoms with Crippen LogP contribution >= 0.6 is 0 Å². The van der Waals surface area contributed by atoms with E-state index < -0.39 is 0 Å². The summed E-state index contributed by atoms with van der Waals surface area (Å²) < 4.78 is 0. The van der Waals surface area contributed by atoms with Crippen LogP contribution in [-0.4, -0.2) is 10.8 Å². The van der Waals surface area contributed by atoms with Gasteiger partial charge in [0.2, 0.25) is 0 Å². The highest BCUT2D eigenvalue weighted by Gasteiger charge is 2.01. The summed E-state index contributed by atoms with van der Waals surface area (Å²) in [6.07, 6.45) is 3.10. The summed E-state index contributed by atoms with van der Waals surface area (Å²) in [5, 5.41) is 1.17. The first-order chi connectivity index (χ1) is 8.29. The molecule has 0 aliphatic heterocycles. The molecule has 88 valence electrons. The third kappa shape index (κ3) is 3.13. The van der Waals surface area contributed by atoms with Gasteiger partial charge in [0.25, 0.3) is 0 Å². The molecular formula is C15H17NO. The first-order valence-electron chi connectivity index (χ1n) is 6.16. The Balaban J connectivity index is 2.02. The lowest BCUT2D eigenvalue weighted by molar-refractivity contribution is -0.118. The number of hydrogen-bond acceptors (Lipinski definition) is 2. The van der Waals surface area contributed by atoms with Crippen molar-refractivity contribution in [2.24, 2.45) is 0 Å². The zero-order chi connectivity index (χ0) is 12.1. The molecule has 2 aromatic rings. The van der Waals surface area contributed by atoms with Gasteiger partial charge < -0.3 is 0 Å². The van der Waals surface area contributed by atoms with E-state index in [2.05, 4.69) is 23.2 Å². The minimum Gasteiger partial charge on any atom is -0.300 e. The number of ketones is 1. The Kier molecular flexibility index (Phi) is 3.86. The number of fused-ring (bicyclic) bond motifs is 1. The zero-order valence-corrected chi connectivity index (χ0v) is 10.1. The Morgan fingerprint density at radius 1 is 1.18 bits per heavy atom. The Morgan fingerprint density at radius 2 is 2.00 bits per heavy atom. The minimum atomic E-state index is 0.339. The van der Waals surface area contributed by atoms with Crippen molar-refractivity contribution in [3.63, 3.8) is 0 Å². The SMILES string of the molecule is CCC(=O)CCCc1ccc2ccccc2n1. The third-order valence-corrected chi connectivity index (χ3v) is 2.94. The molecule has 2 rings (SSSR count). The number of nitrogens with zero attached hydrogens (tertiary/aromatic N) is 1. The van der Waals surface area contributed by atoms with Crippen molar-refractivity contribution in [3.05, 3.63) is 42.1 Å². The summed E-state index contributed by atoms with van der Waals surface area (Å²) in [7, 11) is 0. The summed E-state index contributed by atoms with van der Waals surface area (Å²) in [5.41, 5.74) is 2.11. The standard InChI is InChI=1S/C15H17NO/c1-2-14(17)8-5-7-13-11-10-12-6-3-4-9-15(12)16-13/h3-4,6,9-11H,2,5,7-8H2,1H3. The van der Waals surface area contributed by atoms with E-state index in [1.54, 1.807) is 0 Å². The molecule has 0 aliphatic carbocycles. The lowest BCUT2D eigenvalue weighted by atomic mass is 10.1. The molecule has 1 aromatic heterocycles. The topological polar surface area (TPSA) is 30.0 Å². The van der Waals surface area contributed by atoms with Gasteiger partial charge in [-0.25, -0.2) is 0 Å². The van der Waals surface area contributed by atoms with Crippen molar-refractivity contribution in [1.82, 2.24) is 4.98 Å². The van der Waals surface area contributed by atoms with Crippen LogP contribution < -0.4 is 0 Å². The summed E-state index contributed by atoms with van der Waals surface area (Å²) in [6, 6.07) is 12.3. The molecule has 0 atom stereocenters. The number of para-hydroxylation sites is 1. The number of benzene rings is 1. The molecule has 0 bridgehead atoms. The highest BCUT2D eigenvalue weighted by Crippen LogP contribution is 2.13. The van der Waals surface area contributed by atoms with Gasteiger partial charge in [0.05, 0.1) is 5.52 Å². The van der Waals surface area contributed by atoms with Crippen molar-refractivity contribution < 1.29 is 4.79 Å². The number of carbonyl (C=O) groups excluding carboxylic acids is 1. The van der Waals surface area contributed by atoms with E-state index in [1.165, 1.54) is 5.39 Å². The smallest absolute Gasteiger partial charge is 0.132 e. The molecule has 2 nitrogen and oxygen atoms in total. The van der Waals surface area contributed by atoms with Crippen molar-refractivity contribution in [2.45, 2.75) is 32.6 Å². The van der Waals surface area contributed by atoms with Crippen LogP contribution in [0.5, 0.6) is 0 Å². The first-order valence-corrected chi connectivity index (χ1v) is 6.16. The molecule has 0 saturated carbocycles. The molecule has 2 heteroatoms. The molecule has 17 heavy (non-hydrogen) atoms. The summed E-state index contributed by atoms with van der Waals surface area (Å²) in [6.45, 7) is 1.91. The van der Waals surface area contributed by atoms with Gasteiger partial charge in [-0.05, 0) is 25.0 Å². The Hall–Kier alpha value is -1.70. The maximum Gasteiger partial charge on any atom is 0.132 e. The van der Waals surface area contributed by atoms with E-state index in [0.29, 0.717) is 18.6 Å². The molecule has 1 aromatic carbocycles. The fourth-order valence-electron chi connectivity index (χ4n) is 1.89. The molecule has 1 heterocycles. The molecule has 0 radical (unpaired) electrons. The van der Waals surface area contributed by atoms with Crippen molar-refractivity contribution >= 4 is 16.7 Å². The third-order valence-electron chi connectivity index (χ3n) is 2.94. The molecule has 0 fully saturated rings. The number of rotatable bonds is 5. The van der Waals surface area contributed by atoms with Crippen molar-refractivity contribution in [1.29, 1.82) is 0 Å². The second-order valence-corrected chi connectivity index (χ2v) is 4.24. The van der Waals surface area contributed by atoms with E-state index in [1.807, 2.05) is 25.1 Å². The summed E-state index contributed by atoms with van der Waals surface area (Å²) in [5.74, 6) is 0.339. The van der Waals surface area contributed by atoms with Gasteiger partial charge in [-0.3, -0.25) is 9.78 Å². The van der Waals surface area contributed by atoms with Gasteiger partial charge in [0.1, 0.15) is 5.78 Å². The summed E-state index contributed by atoms with van der Waals surface area (Å²) in [4.78, 5) is 15.8. The van der Waals surface area contributed by atoms with Crippen LogP contribution in [0.25, 0.3) is 10.9 Å². The average molecular weight is 227 g/mol. The largest absolute Gasteiger partial charge is 0.300 e. The maximum atomic E-state index is 11.2. The number of aromatic nitrogens is 1. The van der Waals surface area contributed by atoms with Crippen LogP contribution in [0, 0.1) is 0 Å². The highest BCUT2D eigenvalue weighted by atomic mass is 16.1. The molecular weight excluding hydrogens is 210 g/mol. The zero-order valence-electron chi connectivity index (χ0n) is 10.1. The van der Waals surface area contributed by atoms with E-state index >= 15 is 0 Å². The van der Waals surface area contributed by atoms with E-state index in [9.17, 15) is 4.79 Å². The molecule has 0 spiro atoms. The van der Waals surface area contributed by atoms with Crippen LogP contribution in [0.3, 0.4) is 0 Å². The van der Waals surface area contributed by atoms with Gasteiger partial charge in [-0.1, -0.05) is 31.2 Å². The monoisotopic (exact) mass is 227 g/mol. The number of hydrogen-bond donors (Lipinski definition) is 0. The van der Waals surface area contributed by atoms with Gasteiger partial charge >= 0.3 is 0 Å². The molecule has 0 amide bonds. The lowest BCUT2D eigenvalue weighted by Crippen LogP contribution is -1.97. The quantitative estimate of drug-likeness (QED) is 0.782. The number of aryl methyl sites for hydroxylation is 1. The number of Topliss-reactive ketones (excluding diaryl/α,β-unsaturated/α-hetero) is 1. The van der Waals surface area contributed by atoms with Crippen LogP contribution in [0.15, 0.2) is 36.4 Å². The molecule has 0 aliphatic rings. The minimum absolute atomic E-state index is 0.339. The van der Waals surface area contributed by atoms with Crippen LogP contribution in [0.2, 0.25) is 0 Å². The number of pyridine rings is 1. The number of carbonyl (C=O) groups is 1. The van der Waals surface area contributed by atoms with Gasteiger partial charge in [-0.2, -0.15) is 0 Å². The average Bonchev–Trinajstić information content (AvgIpc) is 2.38. The predicted molar refractivity (Wildman–Crippen MR) is 70.0 cm³/mol. The first kappa shape index (κ1) is 11.8. The lowest BCUT2D eigenvalue weighted by Gasteiger charge is -2.02. The second-order valence-electron chi connectivity index (χ2n) is 4.24. The van der Waals surface area contributed by atoms with Crippen LogP contribution in [0.4, 0.5) is 0 Å². The second kappa shape index (κ2) is 5.58. The maximum absolute atomic E-state index is 11.2. The van der Waals surface area contributed by atoms with Crippen molar-refractivity contribution in [2.75, 3.05) is 0 Å². The Morgan fingerprint density at radius 3 is 2.82 bits per heavy atom. The highest BCUT2D eigenvalue weighted by molar-refractivity contribution is 5.78. The van der Waals surface area contributed by atoms with Crippen LogP contribution in [-0.2, 0) is 11.2 Å². The normalized spacial score (nSPS) is 10.6. The molecule has 0 N–H and O–H groups in total. The predicted octanol–water partition coefficient (Wildman–Crippen LogP) is 3.54. The fourth-order valence-corrected chi connectivity index (χ4v) is 1.89.